The van der Waals surface area contributed by atoms with Crippen molar-refractivity contribution in [1.29, 1.82) is 0 Å². The van der Waals surface area contributed by atoms with Gasteiger partial charge in [0.05, 0.1) is 0 Å². The lowest BCUT2D eigenvalue weighted by Crippen LogP contribution is -2.28. The van der Waals surface area contributed by atoms with Crippen LogP contribution in [0.1, 0.15) is 90.9 Å². The third-order valence-corrected chi connectivity index (χ3v) is 3.57. The van der Waals surface area contributed by atoms with Gasteiger partial charge in [0.1, 0.15) is 0 Å². The molecule has 0 aliphatic carbocycles. The largest absolute Gasteiger partial charge is 0.253 e. The summed E-state index contributed by atoms with van der Waals surface area (Å²) < 4.78 is 0. The fraction of sp³-hybridized carbons (Fsp3) is 0.824. The average molecular weight is 327 g/mol. The number of thiocarbonyl (C=S) groups is 1. The van der Waals surface area contributed by atoms with E-state index in [0.717, 1.165) is 12.8 Å². The molecule has 0 aliphatic heterocycles. The van der Waals surface area contributed by atoms with Crippen LogP contribution in [0.4, 0.5) is 0 Å². The van der Waals surface area contributed by atoms with Gasteiger partial charge in [-0.05, 0) is 37.9 Å². The van der Waals surface area contributed by atoms with Gasteiger partial charge in [-0.1, -0.05) is 65.2 Å². The number of hydrazone groups is 2. The van der Waals surface area contributed by atoms with Crippen LogP contribution in [0.5, 0.6) is 0 Å². The predicted octanol–water partition coefficient (Wildman–Crippen LogP) is 5.14. The Morgan fingerprint density at radius 1 is 0.727 bits per heavy atom. The minimum Gasteiger partial charge on any atom is -0.253 e. The first-order chi connectivity index (χ1) is 10.8. The molecule has 0 bridgehead atoms. The van der Waals surface area contributed by atoms with Gasteiger partial charge in [-0.15, -0.1) is 0 Å². The maximum atomic E-state index is 5.07. The first-order valence-corrected chi connectivity index (χ1v) is 9.31. The molecule has 0 radical (unpaired) electrons. The van der Waals surface area contributed by atoms with Crippen LogP contribution in [0.15, 0.2) is 10.2 Å². The maximum Gasteiger partial charge on any atom is 0.207 e. The molecular weight excluding hydrogens is 292 g/mol. The number of unbranched alkanes of at least 4 members (excludes halogenated alkanes) is 10. The van der Waals surface area contributed by atoms with E-state index < -0.39 is 0 Å². The van der Waals surface area contributed by atoms with E-state index >= 15 is 0 Å². The lowest BCUT2D eigenvalue weighted by molar-refractivity contribution is 0.644. The molecule has 4 nitrogen and oxygen atoms in total. The molecule has 0 aromatic rings. The van der Waals surface area contributed by atoms with E-state index in [4.69, 9.17) is 12.2 Å². The number of rotatable bonds is 14. The Labute approximate surface area is 142 Å². The van der Waals surface area contributed by atoms with Crippen LogP contribution in [-0.4, -0.2) is 17.5 Å². The standard InChI is InChI=1S/C17H34N4S/c1-3-5-7-9-11-13-15-18-20-17(22)21-19-16-14-12-10-8-6-4-2/h15-16H,3-14H2,1-2H3,(H2,20,21,22)/b18-15-,19-16-. The fourth-order valence-corrected chi connectivity index (χ4v) is 2.15. The van der Waals surface area contributed by atoms with Gasteiger partial charge in [-0.25, -0.2) is 0 Å². The lowest BCUT2D eigenvalue weighted by Gasteiger charge is -2.01. The second-order valence-corrected chi connectivity index (χ2v) is 5.99. The lowest BCUT2D eigenvalue weighted by atomic mass is 10.1. The van der Waals surface area contributed by atoms with E-state index in [1.165, 1.54) is 64.2 Å². The van der Waals surface area contributed by atoms with Gasteiger partial charge < -0.3 is 0 Å². The molecule has 0 aliphatic rings. The molecule has 0 spiro atoms. The monoisotopic (exact) mass is 326 g/mol. The summed E-state index contributed by atoms with van der Waals surface area (Å²) in [6, 6.07) is 0. The number of hydrogen-bond acceptors (Lipinski definition) is 3. The fourth-order valence-electron chi connectivity index (χ4n) is 2.04. The predicted molar refractivity (Wildman–Crippen MR) is 103 cm³/mol. The Hall–Kier alpha value is -0.970. The molecule has 0 aromatic heterocycles. The summed E-state index contributed by atoms with van der Waals surface area (Å²) in [6.07, 6.45) is 18.6. The Morgan fingerprint density at radius 3 is 1.55 bits per heavy atom. The van der Waals surface area contributed by atoms with E-state index in [2.05, 4.69) is 34.9 Å². The van der Waals surface area contributed by atoms with Crippen molar-refractivity contribution in [3.63, 3.8) is 0 Å². The van der Waals surface area contributed by atoms with E-state index in [9.17, 15) is 0 Å². The summed E-state index contributed by atoms with van der Waals surface area (Å²) in [5.74, 6) is 0. The SMILES string of the molecule is CCCCCCC/C=N\NC(=S)N/N=C\CCCCCCC. The Balaban J connectivity index is 3.37. The van der Waals surface area contributed by atoms with Crippen LogP contribution in [0, 0.1) is 0 Å². The summed E-state index contributed by atoms with van der Waals surface area (Å²) in [7, 11) is 0. The molecule has 22 heavy (non-hydrogen) atoms. The van der Waals surface area contributed by atoms with E-state index in [0.29, 0.717) is 5.11 Å². The van der Waals surface area contributed by atoms with Crippen molar-refractivity contribution in [1.82, 2.24) is 10.9 Å². The molecule has 2 N–H and O–H groups in total. The van der Waals surface area contributed by atoms with Crippen molar-refractivity contribution in [2.45, 2.75) is 90.9 Å². The first-order valence-electron chi connectivity index (χ1n) is 8.90. The van der Waals surface area contributed by atoms with Gasteiger partial charge in [-0.3, -0.25) is 10.9 Å². The highest BCUT2D eigenvalue weighted by molar-refractivity contribution is 7.80. The molecule has 0 fully saturated rings. The molecule has 5 heteroatoms. The summed E-state index contributed by atoms with van der Waals surface area (Å²) >= 11 is 5.07. The summed E-state index contributed by atoms with van der Waals surface area (Å²) in [5.41, 5.74) is 5.56. The van der Waals surface area contributed by atoms with Crippen LogP contribution >= 0.6 is 12.2 Å². The third-order valence-electron chi connectivity index (χ3n) is 3.39. The Morgan fingerprint density at radius 2 is 1.14 bits per heavy atom. The molecule has 0 saturated carbocycles. The molecule has 0 aromatic carbocycles. The summed E-state index contributed by atoms with van der Waals surface area (Å²) in [6.45, 7) is 4.46. The van der Waals surface area contributed by atoms with Gasteiger partial charge in [0, 0.05) is 12.4 Å². The molecule has 0 unspecified atom stereocenters. The molecular formula is C17H34N4S. The molecule has 0 rings (SSSR count). The van der Waals surface area contributed by atoms with E-state index in [-0.39, 0.29) is 0 Å². The quantitative estimate of drug-likeness (QED) is 0.201. The van der Waals surface area contributed by atoms with Crippen molar-refractivity contribution in [3.05, 3.63) is 0 Å². The third kappa shape index (κ3) is 17.1. The Bertz CT molecular complexity index is 275. The summed E-state index contributed by atoms with van der Waals surface area (Å²) in [4.78, 5) is 0. The highest BCUT2D eigenvalue weighted by Crippen LogP contribution is 2.04. The molecule has 0 heterocycles. The van der Waals surface area contributed by atoms with Crippen molar-refractivity contribution >= 4 is 29.8 Å². The molecule has 0 amide bonds. The van der Waals surface area contributed by atoms with Crippen molar-refractivity contribution in [3.8, 4) is 0 Å². The number of nitrogens with one attached hydrogen (secondary N) is 2. The van der Waals surface area contributed by atoms with E-state index in [1.807, 2.05) is 12.4 Å². The number of nitrogens with zero attached hydrogens (tertiary/aromatic N) is 2. The van der Waals surface area contributed by atoms with Crippen molar-refractivity contribution < 1.29 is 0 Å². The highest BCUT2D eigenvalue weighted by atomic mass is 32.1. The zero-order valence-corrected chi connectivity index (χ0v) is 15.3. The van der Waals surface area contributed by atoms with E-state index in [1.54, 1.807) is 0 Å². The van der Waals surface area contributed by atoms with Crippen molar-refractivity contribution in [2.75, 3.05) is 0 Å². The van der Waals surface area contributed by atoms with Gasteiger partial charge in [-0.2, -0.15) is 10.2 Å². The van der Waals surface area contributed by atoms with Crippen LogP contribution < -0.4 is 10.9 Å². The van der Waals surface area contributed by atoms with Crippen LogP contribution in [0.2, 0.25) is 0 Å². The van der Waals surface area contributed by atoms with Crippen molar-refractivity contribution in [2.24, 2.45) is 10.2 Å². The highest BCUT2D eigenvalue weighted by Gasteiger charge is 1.90. The smallest absolute Gasteiger partial charge is 0.207 e. The zero-order valence-electron chi connectivity index (χ0n) is 14.4. The average Bonchev–Trinajstić information content (AvgIpc) is 2.52. The molecule has 0 saturated heterocycles. The Kier molecular flexibility index (Phi) is 17.3. The zero-order chi connectivity index (χ0) is 16.3. The van der Waals surface area contributed by atoms with Gasteiger partial charge in [0.2, 0.25) is 5.11 Å². The van der Waals surface area contributed by atoms with Crippen LogP contribution in [0.3, 0.4) is 0 Å². The van der Waals surface area contributed by atoms with Crippen LogP contribution in [-0.2, 0) is 0 Å². The second kappa shape index (κ2) is 18.1. The molecule has 0 atom stereocenters. The van der Waals surface area contributed by atoms with Gasteiger partial charge >= 0.3 is 0 Å². The second-order valence-electron chi connectivity index (χ2n) is 5.58. The minimum absolute atomic E-state index is 0.449. The first kappa shape index (κ1) is 21.0. The van der Waals surface area contributed by atoms with Crippen LogP contribution in [0.25, 0.3) is 0 Å². The van der Waals surface area contributed by atoms with Gasteiger partial charge in [0.25, 0.3) is 0 Å². The maximum absolute atomic E-state index is 5.07. The number of hydrogen-bond donors (Lipinski definition) is 2. The summed E-state index contributed by atoms with van der Waals surface area (Å²) in [5, 5.41) is 8.62. The molecule has 128 valence electrons. The normalized spacial score (nSPS) is 11.4. The van der Waals surface area contributed by atoms with Gasteiger partial charge in [0.15, 0.2) is 0 Å². The topological polar surface area (TPSA) is 48.8 Å². The minimum atomic E-state index is 0.449.